The minimum absolute atomic E-state index is 0.0107. The topological polar surface area (TPSA) is 90.5 Å². The Bertz CT molecular complexity index is 1610. The van der Waals surface area contributed by atoms with E-state index in [0.717, 1.165) is 107 Å². The molecule has 0 aliphatic carbocycles. The van der Waals surface area contributed by atoms with Gasteiger partial charge in [-0.2, -0.15) is 5.26 Å². The van der Waals surface area contributed by atoms with Crippen LogP contribution in [0.5, 0.6) is 5.75 Å². The van der Waals surface area contributed by atoms with Crippen LogP contribution in [0, 0.1) is 35.0 Å². The third-order valence-electron chi connectivity index (χ3n) is 11.9. The Hall–Kier alpha value is -1.64. The first-order chi connectivity index (χ1) is 28.2. The van der Waals surface area contributed by atoms with Gasteiger partial charge in [-0.1, -0.05) is 186 Å². The number of carbonyl (C=O) groups excluding carboxylic acids is 1. The predicted octanol–water partition coefficient (Wildman–Crippen LogP) is 14.9. The van der Waals surface area contributed by atoms with E-state index in [9.17, 15) is 10.1 Å². The van der Waals surface area contributed by atoms with Crippen molar-refractivity contribution in [2.45, 2.75) is 190 Å². The summed E-state index contributed by atoms with van der Waals surface area (Å²) < 4.78 is 21.4. The average Bonchev–Trinajstić information content (AvgIpc) is 3.82. The number of esters is 1. The number of fused-ring (bicyclic) bond motifs is 2. The van der Waals surface area contributed by atoms with Crippen molar-refractivity contribution in [2.24, 2.45) is 23.7 Å². The highest BCUT2D eigenvalue weighted by Crippen LogP contribution is 2.67. The number of rotatable bonds is 29. The predicted molar refractivity (Wildman–Crippen MR) is 250 cm³/mol. The molecule has 58 heavy (non-hydrogen) atoms. The van der Waals surface area contributed by atoms with Crippen LogP contribution in [0.25, 0.3) is 0 Å². The quantitative estimate of drug-likeness (QED) is 0.0276. The molecule has 1 N–H and O–H groups in total. The highest BCUT2D eigenvalue weighted by Gasteiger charge is 2.41. The Labute approximate surface area is 370 Å². The summed E-state index contributed by atoms with van der Waals surface area (Å²) in [5.41, 5.74) is 2.61. The van der Waals surface area contributed by atoms with E-state index in [1.165, 1.54) is 53.9 Å². The van der Waals surface area contributed by atoms with Crippen molar-refractivity contribution in [2.75, 3.05) is 26.4 Å². The van der Waals surface area contributed by atoms with Gasteiger partial charge in [-0.15, -0.1) is 0 Å². The lowest BCUT2D eigenvalue weighted by Crippen LogP contribution is -2.19. The summed E-state index contributed by atoms with van der Waals surface area (Å²) in [6.07, 6.45) is 19.1. The molecule has 3 heterocycles. The number of nitrogens with one attached hydrogen (secondary N) is 1. The molecule has 324 valence electrons. The van der Waals surface area contributed by atoms with E-state index in [2.05, 4.69) is 73.4 Å². The zero-order chi connectivity index (χ0) is 42.0. The third-order valence-corrected chi connectivity index (χ3v) is 17.3. The van der Waals surface area contributed by atoms with Crippen LogP contribution < -0.4 is 10.1 Å². The smallest absolute Gasteiger partial charge is 0.337 e. The fourth-order valence-corrected chi connectivity index (χ4v) is 13.3. The lowest BCUT2D eigenvalue weighted by molar-refractivity contribution is -0.140. The summed E-state index contributed by atoms with van der Waals surface area (Å²) in [5.74, 6) is 3.06. The second-order valence-corrected chi connectivity index (χ2v) is 21.2. The number of hydrogen-bond acceptors (Lipinski definition) is 10. The molecule has 0 spiro atoms. The van der Waals surface area contributed by atoms with Crippen LogP contribution in [-0.2, 0) is 20.7 Å². The molecule has 0 bridgehead atoms. The summed E-state index contributed by atoms with van der Waals surface area (Å²) >= 11 is 6.78. The van der Waals surface area contributed by atoms with Gasteiger partial charge in [0.05, 0.1) is 49.7 Å². The van der Waals surface area contributed by atoms with E-state index in [1.54, 1.807) is 47.0 Å². The highest BCUT2D eigenvalue weighted by atomic mass is 32.2. The molecule has 1 aromatic carbocycles. The molecule has 0 saturated carbocycles. The van der Waals surface area contributed by atoms with Gasteiger partial charge in [-0.3, -0.25) is 0 Å². The second-order valence-electron chi connectivity index (χ2n) is 16.6. The third kappa shape index (κ3) is 13.9. The first-order valence-corrected chi connectivity index (χ1v) is 26.1. The SMILES string of the molecule is C=C(OCC(CC)CCCC)/C(C#N)=C1\Sc2c(CCC(C)CCCC)c3c(c(OCC(CC)CCCC)c2S1)S/C(=C(\C(=O)OCC(CC)CCCC)C1CN1)S3. The standard InChI is InChI=1S/C48H74N2O4S4/c1-10-17-21-32(8)25-26-37-42-44(57-47(55-42)38(27-49)33(9)52-29-34(14-5)22-18-11-2)41(53-30-35(15-6)23-19-12-3)45-43(37)56-48(58-45)40(39-28-50-39)46(51)54-31-36(16-7)24-20-13-4/h32,34-36,39,50H,9-26,28-31H2,1-8H3/b47-38+,48-40-. The van der Waals surface area contributed by atoms with E-state index >= 15 is 0 Å². The van der Waals surface area contributed by atoms with E-state index in [-0.39, 0.29) is 12.0 Å². The molecule has 1 aromatic rings. The summed E-state index contributed by atoms with van der Waals surface area (Å²) in [6.45, 7) is 24.8. The van der Waals surface area contributed by atoms with E-state index < -0.39 is 0 Å². The normalized spacial score (nSPS) is 19.4. The second kappa shape index (κ2) is 26.0. The van der Waals surface area contributed by atoms with Gasteiger partial charge in [0.25, 0.3) is 0 Å². The molecule has 3 aliphatic rings. The molecule has 4 rings (SSSR count). The van der Waals surface area contributed by atoms with Crippen LogP contribution in [-0.4, -0.2) is 38.4 Å². The van der Waals surface area contributed by atoms with Gasteiger partial charge in [0.2, 0.25) is 0 Å². The number of nitriles is 1. The van der Waals surface area contributed by atoms with Crippen molar-refractivity contribution in [3.8, 4) is 11.8 Å². The van der Waals surface area contributed by atoms with Gasteiger partial charge in [-0.05, 0) is 61.3 Å². The number of ether oxygens (including phenoxy) is 3. The number of thioether (sulfide) groups is 4. The molecular formula is C48H74N2O4S4. The van der Waals surface area contributed by atoms with E-state index in [1.807, 2.05) is 0 Å². The molecule has 10 heteroatoms. The van der Waals surface area contributed by atoms with Crippen LogP contribution in [0.2, 0.25) is 0 Å². The zero-order valence-electron chi connectivity index (χ0n) is 37.2. The Morgan fingerprint density at radius 3 is 1.72 bits per heavy atom. The van der Waals surface area contributed by atoms with Gasteiger partial charge in [0, 0.05) is 16.3 Å². The Balaban J connectivity index is 1.79. The van der Waals surface area contributed by atoms with Crippen LogP contribution in [0.4, 0.5) is 0 Å². The summed E-state index contributed by atoms with van der Waals surface area (Å²) in [5, 5.41) is 14.1. The highest BCUT2D eigenvalue weighted by molar-refractivity contribution is 8.25. The van der Waals surface area contributed by atoms with Crippen LogP contribution in [0.15, 0.2) is 51.5 Å². The van der Waals surface area contributed by atoms with E-state index in [4.69, 9.17) is 14.2 Å². The van der Waals surface area contributed by atoms with E-state index in [0.29, 0.717) is 54.8 Å². The van der Waals surface area contributed by atoms with Crippen molar-refractivity contribution in [1.82, 2.24) is 5.32 Å². The molecule has 1 saturated heterocycles. The number of allylic oxidation sites excluding steroid dienone is 1. The van der Waals surface area contributed by atoms with Crippen molar-refractivity contribution >= 4 is 53.0 Å². The van der Waals surface area contributed by atoms with Crippen LogP contribution >= 0.6 is 47.0 Å². The molecule has 0 radical (unpaired) electrons. The molecular weight excluding hydrogens is 797 g/mol. The summed E-state index contributed by atoms with van der Waals surface area (Å²) in [6, 6.07) is 2.51. The first-order valence-electron chi connectivity index (χ1n) is 22.9. The Kier molecular flexibility index (Phi) is 22.0. The number of hydrogen-bond donors (Lipinski definition) is 1. The van der Waals surface area contributed by atoms with Gasteiger partial charge in [-0.25, -0.2) is 4.79 Å². The largest absolute Gasteiger partial charge is 0.492 e. The average molecular weight is 871 g/mol. The lowest BCUT2D eigenvalue weighted by Gasteiger charge is -2.21. The van der Waals surface area contributed by atoms with Crippen molar-refractivity contribution in [3.05, 3.63) is 37.5 Å². The molecule has 5 atom stereocenters. The minimum Gasteiger partial charge on any atom is -0.492 e. The van der Waals surface area contributed by atoms with Crippen molar-refractivity contribution in [1.29, 1.82) is 5.26 Å². The maximum absolute atomic E-state index is 14.0. The molecule has 0 aromatic heterocycles. The maximum atomic E-state index is 14.0. The number of benzene rings is 1. The van der Waals surface area contributed by atoms with Crippen LogP contribution in [0.1, 0.15) is 164 Å². The van der Waals surface area contributed by atoms with Gasteiger partial charge in [0.1, 0.15) is 23.2 Å². The molecule has 3 aliphatic heterocycles. The van der Waals surface area contributed by atoms with Gasteiger partial charge >= 0.3 is 5.97 Å². The van der Waals surface area contributed by atoms with Gasteiger partial charge in [0.15, 0.2) is 0 Å². The molecule has 0 amide bonds. The monoisotopic (exact) mass is 870 g/mol. The molecule has 1 fully saturated rings. The fourth-order valence-electron chi connectivity index (χ4n) is 7.47. The molecule has 6 nitrogen and oxygen atoms in total. The van der Waals surface area contributed by atoms with Crippen molar-refractivity contribution in [3.63, 3.8) is 0 Å². The first kappa shape index (κ1) is 49.0. The van der Waals surface area contributed by atoms with Crippen LogP contribution in [0.3, 0.4) is 0 Å². The van der Waals surface area contributed by atoms with Gasteiger partial charge < -0.3 is 19.5 Å². The Morgan fingerprint density at radius 2 is 1.21 bits per heavy atom. The zero-order valence-corrected chi connectivity index (χ0v) is 40.4. The summed E-state index contributed by atoms with van der Waals surface area (Å²) in [4.78, 5) is 18.7. The molecule has 5 unspecified atom stereocenters. The van der Waals surface area contributed by atoms with Crippen molar-refractivity contribution < 1.29 is 19.0 Å². The number of carbonyl (C=O) groups is 1. The lowest BCUT2D eigenvalue weighted by atomic mass is 9.96. The minimum atomic E-state index is -0.186. The maximum Gasteiger partial charge on any atom is 0.337 e. The number of unbranched alkanes of at least 4 members (excludes halogenated alkanes) is 4. The summed E-state index contributed by atoms with van der Waals surface area (Å²) in [7, 11) is 0. The fraction of sp³-hybridized carbons (Fsp3) is 0.708. The number of nitrogens with zero attached hydrogens (tertiary/aromatic N) is 1. The Morgan fingerprint density at radius 1 is 0.724 bits per heavy atom.